The van der Waals surface area contributed by atoms with E-state index in [1.807, 2.05) is 6.92 Å². The summed E-state index contributed by atoms with van der Waals surface area (Å²) in [5, 5.41) is 2.81. The number of hydrogen-bond donors (Lipinski definition) is 1. The third kappa shape index (κ3) is 3.71. The van der Waals surface area contributed by atoms with E-state index in [9.17, 15) is 13.6 Å². The van der Waals surface area contributed by atoms with E-state index in [1.165, 1.54) is 6.07 Å². The maximum atomic E-state index is 13.4. The van der Waals surface area contributed by atoms with Gasteiger partial charge in [-0.15, -0.1) is 0 Å². The molecular weight excluding hydrogens is 328 g/mol. The summed E-state index contributed by atoms with van der Waals surface area (Å²) in [6.07, 6.45) is 0.665. The molecule has 0 amide bonds. The molecule has 2 aromatic carbocycles. The number of carbonyl (C=O) groups excluding carboxylic acids is 1. The number of halogens is 2. The van der Waals surface area contributed by atoms with E-state index >= 15 is 0 Å². The van der Waals surface area contributed by atoms with E-state index in [1.54, 1.807) is 24.3 Å². The number of esters is 1. The van der Waals surface area contributed by atoms with Crippen LogP contribution in [-0.2, 0) is 4.74 Å². The number of hydrogen-bond acceptors (Lipinski definition) is 5. The van der Waals surface area contributed by atoms with Crippen LogP contribution in [0.3, 0.4) is 0 Å². The number of fused-ring (bicyclic) bond motifs is 1. The van der Waals surface area contributed by atoms with Gasteiger partial charge in [-0.25, -0.2) is 23.5 Å². The quantitative estimate of drug-likeness (QED) is 0.703. The Morgan fingerprint density at radius 1 is 1.08 bits per heavy atom. The van der Waals surface area contributed by atoms with Crippen LogP contribution in [0.4, 0.5) is 20.3 Å². The van der Waals surface area contributed by atoms with Crippen molar-refractivity contribution in [2.45, 2.75) is 13.3 Å². The predicted octanol–water partition coefficient (Wildman–Crippen LogP) is 4.22. The zero-order valence-corrected chi connectivity index (χ0v) is 13.4. The summed E-state index contributed by atoms with van der Waals surface area (Å²) < 4.78 is 31.6. The van der Waals surface area contributed by atoms with Gasteiger partial charge in [0.05, 0.1) is 17.6 Å². The average molecular weight is 343 g/mol. The lowest BCUT2D eigenvalue weighted by atomic mass is 10.2. The van der Waals surface area contributed by atoms with Crippen molar-refractivity contribution in [3.8, 4) is 0 Å². The molecule has 0 aliphatic carbocycles. The van der Waals surface area contributed by atoms with E-state index in [0.29, 0.717) is 17.5 Å². The second-order valence-corrected chi connectivity index (χ2v) is 5.30. The molecule has 0 atom stereocenters. The molecule has 1 N–H and O–H groups in total. The molecule has 1 heterocycles. The number of nitrogens with zero attached hydrogens (tertiary/aromatic N) is 2. The number of rotatable bonds is 5. The largest absolute Gasteiger partial charge is 0.461 e. The normalized spacial score (nSPS) is 10.7. The number of benzene rings is 2. The van der Waals surface area contributed by atoms with Gasteiger partial charge < -0.3 is 10.1 Å². The molecule has 7 heteroatoms. The molecule has 3 aromatic rings. The van der Waals surface area contributed by atoms with E-state index in [-0.39, 0.29) is 23.8 Å². The lowest BCUT2D eigenvalue weighted by Crippen LogP contribution is -2.13. The number of para-hydroxylation sites is 2. The summed E-state index contributed by atoms with van der Waals surface area (Å²) in [5.41, 5.74) is 1.31. The third-order valence-electron chi connectivity index (χ3n) is 3.38. The SMILES string of the molecule is CCCOC(=O)c1nc2ccccc2nc1Nc1ccc(F)c(F)c1. The van der Waals surface area contributed by atoms with E-state index in [4.69, 9.17) is 4.74 Å². The summed E-state index contributed by atoms with van der Waals surface area (Å²) in [6, 6.07) is 10.3. The highest BCUT2D eigenvalue weighted by atomic mass is 19.2. The van der Waals surface area contributed by atoms with Crippen LogP contribution in [0.5, 0.6) is 0 Å². The van der Waals surface area contributed by atoms with Gasteiger partial charge in [0.2, 0.25) is 0 Å². The van der Waals surface area contributed by atoms with Crippen molar-refractivity contribution in [1.82, 2.24) is 9.97 Å². The number of nitrogens with one attached hydrogen (secondary N) is 1. The van der Waals surface area contributed by atoms with Crippen LogP contribution in [0.1, 0.15) is 23.8 Å². The first-order valence-electron chi connectivity index (χ1n) is 7.74. The van der Waals surface area contributed by atoms with Gasteiger partial charge in [0.15, 0.2) is 23.1 Å². The zero-order chi connectivity index (χ0) is 17.8. The first-order valence-corrected chi connectivity index (χ1v) is 7.74. The Labute approximate surface area is 142 Å². The van der Waals surface area contributed by atoms with Crippen molar-refractivity contribution in [2.75, 3.05) is 11.9 Å². The fourth-order valence-corrected chi connectivity index (χ4v) is 2.20. The molecule has 25 heavy (non-hydrogen) atoms. The molecule has 0 saturated heterocycles. The Hall–Kier alpha value is -3.09. The highest BCUT2D eigenvalue weighted by molar-refractivity contribution is 5.96. The van der Waals surface area contributed by atoms with Crippen molar-refractivity contribution < 1.29 is 18.3 Å². The molecule has 0 bridgehead atoms. The monoisotopic (exact) mass is 343 g/mol. The van der Waals surface area contributed by atoms with Crippen LogP contribution >= 0.6 is 0 Å². The van der Waals surface area contributed by atoms with Crippen molar-refractivity contribution in [2.24, 2.45) is 0 Å². The predicted molar refractivity (Wildman–Crippen MR) is 89.8 cm³/mol. The lowest BCUT2D eigenvalue weighted by Gasteiger charge is -2.11. The van der Waals surface area contributed by atoms with Crippen molar-refractivity contribution >= 4 is 28.5 Å². The minimum Gasteiger partial charge on any atom is -0.461 e. The molecule has 0 aliphatic heterocycles. The number of ether oxygens (including phenoxy) is 1. The molecule has 0 unspecified atom stereocenters. The van der Waals surface area contributed by atoms with E-state index in [2.05, 4.69) is 15.3 Å². The molecule has 0 radical (unpaired) electrons. The first kappa shape index (κ1) is 16.8. The molecule has 0 spiro atoms. The maximum Gasteiger partial charge on any atom is 0.360 e. The summed E-state index contributed by atoms with van der Waals surface area (Å²) >= 11 is 0. The fraction of sp³-hybridized carbons (Fsp3) is 0.167. The Kier molecular flexibility index (Phi) is 4.83. The molecule has 5 nitrogen and oxygen atoms in total. The number of anilines is 2. The third-order valence-corrected chi connectivity index (χ3v) is 3.38. The summed E-state index contributed by atoms with van der Waals surface area (Å²) in [4.78, 5) is 20.9. The van der Waals surface area contributed by atoms with Gasteiger partial charge in [-0.05, 0) is 30.7 Å². The average Bonchev–Trinajstić information content (AvgIpc) is 2.62. The van der Waals surface area contributed by atoms with Gasteiger partial charge >= 0.3 is 5.97 Å². The van der Waals surface area contributed by atoms with Gasteiger partial charge in [-0.3, -0.25) is 0 Å². The van der Waals surface area contributed by atoms with Crippen LogP contribution in [0, 0.1) is 11.6 Å². The number of aromatic nitrogens is 2. The van der Waals surface area contributed by atoms with Crippen LogP contribution in [-0.4, -0.2) is 22.5 Å². The summed E-state index contributed by atoms with van der Waals surface area (Å²) in [6.45, 7) is 2.12. The molecule has 0 saturated carbocycles. The Bertz CT molecular complexity index is 931. The Morgan fingerprint density at radius 3 is 2.48 bits per heavy atom. The first-order chi connectivity index (χ1) is 12.1. The molecule has 0 fully saturated rings. The second kappa shape index (κ2) is 7.21. The zero-order valence-electron chi connectivity index (χ0n) is 13.4. The van der Waals surface area contributed by atoms with Crippen molar-refractivity contribution in [3.63, 3.8) is 0 Å². The lowest BCUT2D eigenvalue weighted by molar-refractivity contribution is 0.0499. The molecule has 128 valence electrons. The van der Waals surface area contributed by atoms with E-state index < -0.39 is 17.6 Å². The maximum absolute atomic E-state index is 13.4. The standard InChI is InChI=1S/C18H15F2N3O2/c1-2-9-25-18(24)16-17(21-11-7-8-12(19)13(20)10-11)23-15-6-4-3-5-14(15)22-16/h3-8,10H,2,9H2,1H3,(H,21,23). The molecule has 3 rings (SSSR count). The fourth-order valence-electron chi connectivity index (χ4n) is 2.20. The minimum atomic E-state index is -1.01. The Morgan fingerprint density at radius 2 is 1.80 bits per heavy atom. The highest BCUT2D eigenvalue weighted by Crippen LogP contribution is 2.23. The van der Waals surface area contributed by atoms with Gasteiger partial charge in [0.25, 0.3) is 0 Å². The van der Waals surface area contributed by atoms with Crippen molar-refractivity contribution in [3.05, 3.63) is 59.8 Å². The summed E-state index contributed by atoms with van der Waals surface area (Å²) in [5.74, 6) is -2.48. The molecule has 0 aliphatic rings. The molecular formula is C18H15F2N3O2. The topological polar surface area (TPSA) is 64.1 Å². The van der Waals surface area contributed by atoms with Crippen LogP contribution in [0.15, 0.2) is 42.5 Å². The van der Waals surface area contributed by atoms with Crippen LogP contribution in [0.2, 0.25) is 0 Å². The summed E-state index contributed by atoms with van der Waals surface area (Å²) in [7, 11) is 0. The minimum absolute atomic E-state index is 0.0168. The van der Waals surface area contributed by atoms with Gasteiger partial charge in [0, 0.05) is 11.8 Å². The van der Waals surface area contributed by atoms with Crippen LogP contribution < -0.4 is 5.32 Å². The smallest absolute Gasteiger partial charge is 0.360 e. The van der Waals surface area contributed by atoms with Gasteiger partial charge in [-0.1, -0.05) is 19.1 Å². The van der Waals surface area contributed by atoms with Crippen molar-refractivity contribution in [1.29, 1.82) is 0 Å². The Balaban J connectivity index is 2.03. The van der Waals surface area contributed by atoms with E-state index in [0.717, 1.165) is 12.1 Å². The number of carbonyl (C=O) groups is 1. The highest BCUT2D eigenvalue weighted by Gasteiger charge is 2.18. The van der Waals surface area contributed by atoms with Gasteiger partial charge in [0.1, 0.15) is 0 Å². The molecule has 1 aromatic heterocycles. The second-order valence-electron chi connectivity index (χ2n) is 5.30. The van der Waals surface area contributed by atoms with Gasteiger partial charge in [-0.2, -0.15) is 0 Å². The van der Waals surface area contributed by atoms with Crippen LogP contribution in [0.25, 0.3) is 11.0 Å².